The number of rotatable bonds is 6. The van der Waals surface area contributed by atoms with Crippen LogP contribution in [0.25, 0.3) is 0 Å². The first-order valence-corrected chi connectivity index (χ1v) is 8.65. The number of thiophene rings is 1. The van der Waals surface area contributed by atoms with Gasteiger partial charge in [-0.3, -0.25) is 4.79 Å². The van der Waals surface area contributed by atoms with Gasteiger partial charge in [0.05, 0.1) is 13.1 Å². The van der Waals surface area contributed by atoms with Gasteiger partial charge in [0.1, 0.15) is 0 Å². The average molecular weight is 412 g/mol. The van der Waals surface area contributed by atoms with Crippen LogP contribution in [0.15, 0.2) is 13.6 Å². The molecule has 0 saturated carbocycles. The number of hydrogen-bond donors (Lipinski definition) is 1. The number of nitrogens with zero attached hydrogens (tertiary/aromatic N) is 1. The van der Waals surface area contributed by atoms with Crippen LogP contribution in [0.1, 0.15) is 37.6 Å². The number of carbonyl (C=O) groups excluding carboxylic acids is 1. The summed E-state index contributed by atoms with van der Waals surface area (Å²) < 4.78 is 1.83. The van der Waals surface area contributed by atoms with E-state index in [0.717, 1.165) is 26.1 Å². The predicted molar refractivity (Wildman–Crippen MR) is 88.7 cm³/mol. The van der Waals surface area contributed by atoms with Gasteiger partial charge in [0, 0.05) is 13.1 Å². The fourth-order valence-corrected chi connectivity index (χ4v) is 4.54. The molecule has 0 bridgehead atoms. The van der Waals surface area contributed by atoms with Crippen LogP contribution in [-0.4, -0.2) is 30.4 Å². The molecule has 108 valence electrons. The van der Waals surface area contributed by atoms with Gasteiger partial charge in [-0.15, -0.1) is 11.3 Å². The normalized spacial score (nSPS) is 11.7. The highest BCUT2D eigenvalue weighted by Gasteiger charge is 2.26. The van der Waals surface area contributed by atoms with Gasteiger partial charge in [-0.1, -0.05) is 20.8 Å². The Balaban J connectivity index is 2.93. The minimum Gasteiger partial charge on any atom is -0.338 e. The maximum absolute atomic E-state index is 12.6. The molecule has 0 radical (unpaired) electrons. The average Bonchev–Trinajstić information content (AvgIpc) is 2.67. The Hall–Kier alpha value is 0.0900. The quantitative estimate of drug-likeness (QED) is 0.765. The van der Waals surface area contributed by atoms with Crippen LogP contribution in [0.4, 0.5) is 0 Å². The molecule has 0 spiro atoms. The molecular formula is C13H20Br2N2OS. The van der Waals surface area contributed by atoms with E-state index in [9.17, 15) is 4.79 Å². The van der Waals surface area contributed by atoms with Gasteiger partial charge in [-0.05, 0) is 56.3 Å². The third-order valence-electron chi connectivity index (χ3n) is 2.84. The molecule has 19 heavy (non-hydrogen) atoms. The molecule has 0 aromatic carbocycles. The Morgan fingerprint density at radius 2 is 2.11 bits per heavy atom. The van der Waals surface area contributed by atoms with E-state index in [1.807, 2.05) is 11.0 Å². The molecule has 0 aliphatic heterocycles. The number of halogens is 2. The van der Waals surface area contributed by atoms with Crippen molar-refractivity contribution >= 4 is 49.1 Å². The summed E-state index contributed by atoms with van der Waals surface area (Å²) in [6, 6.07) is 1.87. The lowest BCUT2D eigenvalue weighted by Gasteiger charge is -2.31. The van der Waals surface area contributed by atoms with E-state index >= 15 is 0 Å². The van der Waals surface area contributed by atoms with E-state index in [2.05, 4.69) is 52.6 Å². The zero-order chi connectivity index (χ0) is 14.6. The second-order valence-corrected chi connectivity index (χ2v) is 9.08. The molecule has 0 saturated heterocycles. The molecule has 1 heterocycles. The molecule has 1 aromatic rings. The zero-order valence-electron chi connectivity index (χ0n) is 11.5. The molecule has 1 amide bonds. The van der Waals surface area contributed by atoms with E-state index < -0.39 is 0 Å². The summed E-state index contributed by atoms with van der Waals surface area (Å²) in [5, 5.41) is 0. The summed E-state index contributed by atoms with van der Waals surface area (Å²) >= 11 is 8.38. The van der Waals surface area contributed by atoms with Gasteiger partial charge in [-0.25, -0.2) is 0 Å². The lowest BCUT2D eigenvalue weighted by molar-refractivity contribution is 0.0689. The van der Waals surface area contributed by atoms with Gasteiger partial charge in [0.25, 0.3) is 5.91 Å². The molecule has 3 nitrogen and oxygen atoms in total. The summed E-state index contributed by atoms with van der Waals surface area (Å²) in [6.45, 7) is 8.24. The highest BCUT2D eigenvalue weighted by Crippen LogP contribution is 2.33. The molecular weight excluding hydrogens is 392 g/mol. The lowest BCUT2D eigenvalue weighted by atomic mass is 9.93. The van der Waals surface area contributed by atoms with Crippen molar-refractivity contribution in [2.24, 2.45) is 11.1 Å². The number of amides is 1. The van der Waals surface area contributed by atoms with Crippen molar-refractivity contribution in [3.05, 3.63) is 19.2 Å². The van der Waals surface area contributed by atoms with Crippen molar-refractivity contribution in [1.29, 1.82) is 0 Å². The maximum atomic E-state index is 12.6. The largest absolute Gasteiger partial charge is 0.338 e. The summed E-state index contributed by atoms with van der Waals surface area (Å²) in [6.07, 6.45) is 0.940. The van der Waals surface area contributed by atoms with Crippen molar-refractivity contribution in [3.8, 4) is 0 Å². The Morgan fingerprint density at radius 1 is 1.47 bits per heavy atom. The molecule has 0 unspecified atom stereocenters. The molecule has 1 rings (SSSR count). The number of carbonyl (C=O) groups is 1. The molecule has 0 atom stereocenters. The lowest BCUT2D eigenvalue weighted by Crippen LogP contribution is -2.42. The minimum atomic E-state index is -0.0649. The van der Waals surface area contributed by atoms with Crippen LogP contribution < -0.4 is 5.73 Å². The van der Waals surface area contributed by atoms with Gasteiger partial charge in [0.2, 0.25) is 0 Å². The fraction of sp³-hybridized carbons (Fsp3) is 0.615. The number of hydrogen-bond acceptors (Lipinski definition) is 3. The SMILES string of the molecule is CCCN(CC(C)(C)CN)C(=O)c1cc(Br)sc1Br. The molecule has 0 fully saturated rings. The molecule has 2 N–H and O–H groups in total. The first-order chi connectivity index (χ1) is 8.80. The van der Waals surface area contributed by atoms with Crippen molar-refractivity contribution < 1.29 is 4.79 Å². The Kier molecular flexibility index (Phi) is 6.50. The van der Waals surface area contributed by atoms with Crippen LogP contribution in [0.3, 0.4) is 0 Å². The van der Waals surface area contributed by atoms with Crippen LogP contribution >= 0.6 is 43.2 Å². The first kappa shape index (κ1) is 17.1. The van der Waals surface area contributed by atoms with Gasteiger partial charge >= 0.3 is 0 Å². The topological polar surface area (TPSA) is 46.3 Å². The van der Waals surface area contributed by atoms with E-state index in [1.165, 1.54) is 11.3 Å². The number of nitrogens with two attached hydrogens (primary N) is 1. The second kappa shape index (κ2) is 7.20. The summed E-state index contributed by atoms with van der Waals surface area (Å²) in [5.74, 6) is 0.0669. The van der Waals surface area contributed by atoms with Crippen LogP contribution in [0, 0.1) is 5.41 Å². The molecule has 6 heteroatoms. The predicted octanol–water partition coefficient (Wildman–Crippen LogP) is 4.11. The van der Waals surface area contributed by atoms with E-state index in [4.69, 9.17) is 5.73 Å². The standard InChI is InChI=1S/C13H20Br2N2OS/c1-4-5-17(8-13(2,3)7-16)12(18)9-6-10(14)19-11(9)15/h6H,4-5,7-8,16H2,1-3H3. The highest BCUT2D eigenvalue weighted by atomic mass is 79.9. The fourth-order valence-electron chi connectivity index (χ4n) is 1.76. The van der Waals surface area contributed by atoms with Gasteiger partial charge in [-0.2, -0.15) is 0 Å². The Labute approximate surface area is 135 Å². The van der Waals surface area contributed by atoms with E-state index in [-0.39, 0.29) is 11.3 Å². The highest BCUT2D eigenvalue weighted by molar-refractivity contribution is 9.12. The molecule has 1 aromatic heterocycles. The maximum Gasteiger partial charge on any atom is 0.255 e. The van der Waals surface area contributed by atoms with Gasteiger partial charge in [0.15, 0.2) is 0 Å². The van der Waals surface area contributed by atoms with Crippen molar-refractivity contribution in [1.82, 2.24) is 4.90 Å². The third-order valence-corrected chi connectivity index (χ3v) is 5.18. The van der Waals surface area contributed by atoms with E-state index in [0.29, 0.717) is 13.1 Å². The third kappa shape index (κ3) is 4.85. The molecule has 0 aliphatic rings. The minimum absolute atomic E-state index is 0.0649. The van der Waals surface area contributed by atoms with Crippen LogP contribution in [-0.2, 0) is 0 Å². The monoisotopic (exact) mass is 410 g/mol. The van der Waals surface area contributed by atoms with Crippen molar-refractivity contribution in [3.63, 3.8) is 0 Å². The Morgan fingerprint density at radius 3 is 2.53 bits per heavy atom. The second-order valence-electron chi connectivity index (χ2n) is 5.33. The Bertz CT molecular complexity index is 446. The van der Waals surface area contributed by atoms with Crippen LogP contribution in [0.5, 0.6) is 0 Å². The summed E-state index contributed by atoms with van der Waals surface area (Å²) in [4.78, 5) is 14.5. The van der Waals surface area contributed by atoms with Crippen molar-refractivity contribution in [2.45, 2.75) is 27.2 Å². The summed E-state index contributed by atoms with van der Waals surface area (Å²) in [7, 11) is 0. The van der Waals surface area contributed by atoms with E-state index in [1.54, 1.807) is 0 Å². The van der Waals surface area contributed by atoms with Gasteiger partial charge < -0.3 is 10.6 Å². The zero-order valence-corrected chi connectivity index (χ0v) is 15.5. The molecule has 0 aliphatic carbocycles. The smallest absolute Gasteiger partial charge is 0.255 e. The van der Waals surface area contributed by atoms with Crippen LogP contribution in [0.2, 0.25) is 0 Å². The summed E-state index contributed by atoms with van der Waals surface area (Å²) in [5.41, 5.74) is 6.43. The first-order valence-electron chi connectivity index (χ1n) is 6.25. The van der Waals surface area contributed by atoms with Crippen molar-refractivity contribution in [2.75, 3.05) is 19.6 Å².